The molecule has 3 aromatic rings. The van der Waals surface area contributed by atoms with Crippen molar-refractivity contribution in [2.24, 2.45) is 0 Å². The SMILES string of the molecule is COc1ccc(NC(=O)c2cnn3c2NC(C(=O)O)=C[C@@H]3c2ccccc2F)cc1Cl. The van der Waals surface area contributed by atoms with Gasteiger partial charge in [-0.3, -0.25) is 4.79 Å². The van der Waals surface area contributed by atoms with E-state index in [-0.39, 0.29) is 22.6 Å². The number of hydrogen-bond donors (Lipinski definition) is 3. The number of ether oxygens (including phenoxy) is 1. The maximum Gasteiger partial charge on any atom is 0.352 e. The molecule has 158 valence electrons. The molecule has 1 atom stereocenters. The minimum Gasteiger partial charge on any atom is -0.495 e. The standard InChI is InChI=1S/C21H16ClFN4O4/c1-31-18-7-6-11(8-14(18)22)25-20(28)13-10-24-27-17(12-4-2-3-5-15(12)23)9-16(21(29)30)26-19(13)27/h2-10,17,26H,1H3,(H,25,28)(H,29,30)/t17-/m1/s1. The summed E-state index contributed by atoms with van der Waals surface area (Å²) in [6, 6.07) is 9.86. The van der Waals surface area contributed by atoms with Crippen molar-refractivity contribution in [3.8, 4) is 5.75 Å². The highest BCUT2D eigenvalue weighted by molar-refractivity contribution is 6.32. The maximum atomic E-state index is 14.4. The summed E-state index contributed by atoms with van der Waals surface area (Å²) in [7, 11) is 1.48. The zero-order chi connectivity index (χ0) is 22.1. The third-order valence-electron chi connectivity index (χ3n) is 4.75. The van der Waals surface area contributed by atoms with Gasteiger partial charge in [-0.2, -0.15) is 5.10 Å². The highest BCUT2D eigenvalue weighted by Gasteiger charge is 2.30. The summed E-state index contributed by atoms with van der Waals surface area (Å²) in [4.78, 5) is 24.5. The van der Waals surface area contributed by atoms with Crippen LogP contribution in [0.4, 0.5) is 15.9 Å². The highest BCUT2D eigenvalue weighted by Crippen LogP contribution is 2.34. The zero-order valence-electron chi connectivity index (χ0n) is 16.1. The Morgan fingerprint density at radius 3 is 2.74 bits per heavy atom. The average Bonchev–Trinajstić information content (AvgIpc) is 3.18. The molecule has 8 nitrogen and oxygen atoms in total. The van der Waals surface area contributed by atoms with Crippen molar-refractivity contribution in [3.63, 3.8) is 0 Å². The number of hydrogen-bond acceptors (Lipinski definition) is 5. The Morgan fingerprint density at radius 1 is 1.29 bits per heavy atom. The number of fused-ring (bicyclic) bond motifs is 1. The van der Waals surface area contributed by atoms with Crippen molar-refractivity contribution in [2.45, 2.75) is 6.04 Å². The maximum absolute atomic E-state index is 14.4. The fraction of sp³-hybridized carbons (Fsp3) is 0.0952. The van der Waals surface area contributed by atoms with Crippen LogP contribution in [-0.2, 0) is 4.79 Å². The largest absolute Gasteiger partial charge is 0.495 e. The second-order valence-corrected chi connectivity index (χ2v) is 7.04. The number of nitrogens with one attached hydrogen (secondary N) is 2. The summed E-state index contributed by atoms with van der Waals surface area (Å²) in [5.74, 6) is -1.73. The van der Waals surface area contributed by atoms with Crippen molar-refractivity contribution >= 4 is 35.0 Å². The van der Waals surface area contributed by atoms with Gasteiger partial charge in [0.05, 0.1) is 18.3 Å². The van der Waals surface area contributed by atoms with E-state index in [4.69, 9.17) is 16.3 Å². The molecule has 31 heavy (non-hydrogen) atoms. The number of nitrogens with zero attached hydrogens (tertiary/aromatic N) is 2. The molecule has 0 unspecified atom stereocenters. The van der Waals surface area contributed by atoms with Crippen molar-refractivity contribution in [1.29, 1.82) is 0 Å². The van der Waals surface area contributed by atoms with Crippen molar-refractivity contribution in [3.05, 3.63) is 82.4 Å². The van der Waals surface area contributed by atoms with Crippen molar-refractivity contribution in [1.82, 2.24) is 9.78 Å². The number of carbonyl (C=O) groups excluding carboxylic acids is 1. The molecule has 1 amide bonds. The number of halogens is 2. The first-order chi connectivity index (χ1) is 14.9. The molecule has 1 aromatic heterocycles. The molecular formula is C21H16ClFN4O4. The third kappa shape index (κ3) is 3.82. The summed E-state index contributed by atoms with van der Waals surface area (Å²) in [6.45, 7) is 0. The first kappa shape index (κ1) is 20.4. The molecule has 0 saturated heterocycles. The van der Waals surface area contributed by atoms with Crippen LogP contribution >= 0.6 is 11.6 Å². The Bertz CT molecular complexity index is 1220. The molecule has 0 saturated carbocycles. The normalized spacial score (nSPS) is 14.8. The predicted molar refractivity (Wildman–Crippen MR) is 112 cm³/mol. The Morgan fingerprint density at radius 2 is 2.06 bits per heavy atom. The number of carboxylic acid groups (broad SMARTS) is 1. The van der Waals surface area contributed by atoms with E-state index in [0.29, 0.717) is 16.5 Å². The Labute approximate surface area is 180 Å². The molecule has 0 aliphatic carbocycles. The van der Waals surface area contributed by atoms with Crippen molar-refractivity contribution in [2.75, 3.05) is 17.7 Å². The van der Waals surface area contributed by atoms with E-state index in [1.807, 2.05) is 0 Å². The Hall–Kier alpha value is -3.85. The fourth-order valence-corrected chi connectivity index (χ4v) is 3.52. The number of carbonyl (C=O) groups is 2. The topological polar surface area (TPSA) is 105 Å². The van der Waals surface area contributed by atoms with Gasteiger partial charge in [0.15, 0.2) is 0 Å². The molecule has 10 heteroatoms. The van der Waals surface area contributed by atoms with Crippen LogP contribution in [0.1, 0.15) is 22.0 Å². The molecule has 0 bridgehead atoms. The molecule has 4 rings (SSSR count). The van der Waals surface area contributed by atoms with E-state index in [1.54, 1.807) is 18.2 Å². The predicted octanol–water partition coefficient (Wildman–Crippen LogP) is 3.92. The summed E-state index contributed by atoms with van der Waals surface area (Å²) in [5.41, 5.74) is 0.523. The molecule has 3 N–H and O–H groups in total. The van der Waals surface area contributed by atoms with Gasteiger partial charge in [0.25, 0.3) is 5.91 Å². The number of amides is 1. The smallest absolute Gasteiger partial charge is 0.352 e. The van der Waals surface area contributed by atoms with E-state index in [0.717, 1.165) is 0 Å². The third-order valence-corrected chi connectivity index (χ3v) is 5.04. The van der Waals surface area contributed by atoms with E-state index < -0.39 is 23.7 Å². The van der Waals surface area contributed by atoms with Gasteiger partial charge in [-0.1, -0.05) is 29.8 Å². The molecule has 0 radical (unpaired) electrons. The Balaban J connectivity index is 1.70. The molecule has 2 aromatic carbocycles. The molecule has 2 heterocycles. The number of anilines is 2. The quantitative estimate of drug-likeness (QED) is 0.553. The van der Waals surface area contributed by atoms with Crippen LogP contribution in [-0.4, -0.2) is 33.9 Å². The van der Waals surface area contributed by atoms with Crippen LogP contribution in [0.15, 0.2) is 60.4 Å². The zero-order valence-corrected chi connectivity index (χ0v) is 16.9. The van der Waals surface area contributed by atoms with Crippen LogP contribution < -0.4 is 15.4 Å². The van der Waals surface area contributed by atoms with E-state index in [1.165, 1.54) is 48.3 Å². The van der Waals surface area contributed by atoms with E-state index in [9.17, 15) is 19.1 Å². The molecule has 1 aliphatic heterocycles. The molecule has 0 spiro atoms. The summed E-state index contributed by atoms with van der Waals surface area (Å²) >= 11 is 6.10. The second kappa shape index (κ2) is 8.11. The number of rotatable bonds is 5. The second-order valence-electron chi connectivity index (χ2n) is 6.63. The van der Waals surface area contributed by atoms with Gasteiger partial charge in [-0.05, 0) is 30.3 Å². The van der Waals surface area contributed by atoms with Crippen LogP contribution in [0.2, 0.25) is 5.02 Å². The first-order valence-corrected chi connectivity index (χ1v) is 9.45. The first-order valence-electron chi connectivity index (χ1n) is 9.08. The van der Waals surface area contributed by atoms with Crippen LogP contribution in [0.5, 0.6) is 5.75 Å². The summed E-state index contributed by atoms with van der Waals surface area (Å²) in [6.07, 6.45) is 2.63. The lowest BCUT2D eigenvalue weighted by Crippen LogP contribution is -2.26. The van der Waals surface area contributed by atoms with Crippen molar-refractivity contribution < 1.29 is 23.8 Å². The van der Waals surface area contributed by atoms with Gasteiger partial charge in [0.2, 0.25) is 0 Å². The lowest BCUT2D eigenvalue weighted by Gasteiger charge is -2.24. The summed E-state index contributed by atoms with van der Waals surface area (Å²) in [5, 5.41) is 19.4. The van der Waals surface area contributed by atoms with Crippen LogP contribution in [0, 0.1) is 5.82 Å². The lowest BCUT2D eigenvalue weighted by atomic mass is 10.0. The van der Waals surface area contributed by atoms with Gasteiger partial charge in [0, 0.05) is 11.3 Å². The minimum atomic E-state index is -1.25. The van der Waals surface area contributed by atoms with Crippen LogP contribution in [0.25, 0.3) is 0 Å². The van der Waals surface area contributed by atoms with E-state index in [2.05, 4.69) is 15.7 Å². The Kier molecular flexibility index (Phi) is 5.35. The number of allylic oxidation sites excluding steroid dienone is 1. The summed E-state index contributed by atoms with van der Waals surface area (Å²) < 4.78 is 20.9. The lowest BCUT2D eigenvalue weighted by molar-refractivity contribution is -0.132. The monoisotopic (exact) mass is 442 g/mol. The number of methoxy groups -OCH3 is 1. The highest BCUT2D eigenvalue weighted by atomic mass is 35.5. The number of carboxylic acids is 1. The van der Waals surface area contributed by atoms with E-state index >= 15 is 0 Å². The van der Waals surface area contributed by atoms with Gasteiger partial charge in [-0.15, -0.1) is 0 Å². The number of benzene rings is 2. The fourth-order valence-electron chi connectivity index (χ4n) is 3.27. The van der Waals surface area contributed by atoms with Crippen LogP contribution in [0.3, 0.4) is 0 Å². The van der Waals surface area contributed by atoms with Gasteiger partial charge >= 0.3 is 5.97 Å². The van der Waals surface area contributed by atoms with Gasteiger partial charge in [-0.25, -0.2) is 13.9 Å². The number of aromatic nitrogens is 2. The van der Waals surface area contributed by atoms with Gasteiger partial charge in [0.1, 0.15) is 34.7 Å². The molecule has 1 aliphatic rings. The minimum absolute atomic E-state index is 0.0835. The molecule has 0 fully saturated rings. The number of aliphatic carboxylic acids is 1. The average molecular weight is 443 g/mol. The van der Waals surface area contributed by atoms with Gasteiger partial charge < -0.3 is 20.5 Å². The molecular weight excluding hydrogens is 427 g/mol.